The molecule has 3 heterocycles. The Morgan fingerprint density at radius 3 is 2.83 bits per heavy atom. The van der Waals surface area contributed by atoms with Crippen molar-refractivity contribution in [1.29, 1.82) is 0 Å². The van der Waals surface area contributed by atoms with Crippen LogP contribution in [0.15, 0.2) is 12.3 Å². The summed E-state index contributed by atoms with van der Waals surface area (Å²) in [6.45, 7) is 3.93. The average Bonchev–Trinajstić information content (AvgIpc) is 3.25. The molecule has 3 rings (SSSR count). The van der Waals surface area contributed by atoms with Crippen LogP contribution in [-0.2, 0) is 9.53 Å². The summed E-state index contributed by atoms with van der Waals surface area (Å²) in [7, 11) is 0. The van der Waals surface area contributed by atoms with Gasteiger partial charge in [-0.25, -0.2) is 4.79 Å². The van der Waals surface area contributed by atoms with Gasteiger partial charge in [-0.1, -0.05) is 0 Å². The molecule has 1 aromatic rings. The fourth-order valence-electron chi connectivity index (χ4n) is 2.78. The van der Waals surface area contributed by atoms with Crippen molar-refractivity contribution in [3.05, 3.63) is 12.3 Å². The molecule has 9 heteroatoms. The number of anilines is 2. The van der Waals surface area contributed by atoms with Crippen molar-refractivity contribution in [3.63, 3.8) is 0 Å². The number of cyclic esters (lactones) is 1. The van der Waals surface area contributed by atoms with Crippen molar-refractivity contribution in [2.75, 3.05) is 56.1 Å². The van der Waals surface area contributed by atoms with Gasteiger partial charge in [0.2, 0.25) is 5.91 Å². The molecular weight excluding hydrogens is 312 g/mol. The number of carbonyl (C=O) groups is 2. The smallest absolute Gasteiger partial charge is 0.410 e. The summed E-state index contributed by atoms with van der Waals surface area (Å²) < 4.78 is 4.78. The molecular formula is C15H22N6O3. The Bertz CT molecular complexity index is 590. The Labute approximate surface area is 140 Å². The highest BCUT2D eigenvalue weighted by Crippen LogP contribution is 2.20. The Morgan fingerprint density at radius 2 is 2.08 bits per heavy atom. The van der Waals surface area contributed by atoms with Crippen molar-refractivity contribution >= 4 is 23.5 Å². The van der Waals surface area contributed by atoms with Crippen LogP contribution >= 0.6 is 0 Å². The van der Waals surface area contributed by atoms with E-state index in [9.17, 15) is 9.59 Å². The van der Waals surface area contributed by atoms with Crippen LogP contribution in [0.1, 0.15) is 12.8 Å². The van der Waals surface area contributed by atoms with Crippen molar-refractivity contribution < 1.29 is 14.3 Å². The number of aromatic nitrogens is 2. The third-order valence-electron chi connectivity index (χ3n) is 4.04. The minimum atomic E-state index is -0.433. The van der Waals surface area contributed by atoms with Crippen molar-refractivity contribution in [1.82, 2.24) is 20.4 Å². The monoisotopic (exact) mass is 334 g/mol. The van der Waals surface area contributed by atoms with Crippen molar-refractivity contribution in [2.24, 2.45) is 0 Å². The molecule has 1 aromatic heterocycles. The first-order valence-corrected chi connectivity index (χ1v) is 8.22. The second kappa shape index (κ2) is 7.80. The SMILES string of the molecule is O=C(CN1CCOC1=O)NCCNc1cc(N2CCCC2)cnn1. The van der Waals surface area contributed by atoms with E-state index in [0.717, 1.165) is 18.8 Å². The number of amides is 2. The molecule has 2 amide bonds. The van der Waals surface area contributed by atoms with E-state index in [1.807, 2.05) is 6.07 Å². The van der Waals surface area contributed by atoms with Gasteiger partial charge < -0.3 is 20.3 Å². The van der Waals surface area contributed by atoms with E-state index in [4.69, 9.17) is 4.74 Å². The molecule has 0 radical (unpaired) electrons. The van der Waals surface area contributed by atoms with Gasteiger partial charge in [-0.2, -0.15) is 5.10 Å². The molecule has 2 saturated heterocycles. The molecule has 2 fully saturated rings. The Morgan fingerprint density at radius 1 is 1.25 bits per heavy atom. The van der Waals surface area contributed by atoms with Crippen molar-refractivity contribution in [3.8, 4) is 0 Å². The van der Waals surface area contributed by atoms with E-state index in [1.165, 1.54) is 17.7 Å². The minimum absolute atomic E-state index is 0.0308. The number of carbonyl (C=O) groups excluding carboxylic acids is 2. The average molecular weight is 334 g/mol. The lowest BCUT2D eigenvalue weighted by atomic mass is 10.4. The van der Waals surface area contributed by atoms with Gasteiger partial charge in [-0.3, -0.25) is 9.69 Å². The molecule has 0 unspecified atom stereocenters. The lowest BCUT2D eigenvalue weighted by Crippen LogP contribution is -2.39. The summed E-state index contributed by atoms with van der Waals surface area (Å²) in [5, 5.41) is 14.0. The summed E-state index contributed by atoms with van der Waals surface area (Å²) in [5.41, 5.74) is 1.07. The van der Waals surface area contributed by atoms with Crippen LogP contribution in [0.5, 0.6) is 0 Å². The second-order valence-electron chi connectivity index (χ2n) is 5.81. The lowest BCUT2D eigenvalue weighted by Gasteiger charge is -2.17. The molecule has 2 N–H and O–H groups in total. The number of hydrogen-bond acceptors (Lipinski definition) is 7. The first-order chi connectivity index (χ1) is 11.7. The fourth-order valence-corrected chi connectivity index (χ4v) is 2.78. The summed E-state index contributed by atoms with van der Waals surface area (Å²) >= 11 is 0. The molecule has 0 aromatic carbocycles. The van der Waals surface area contributed by atoms with Gasteiger partial charge in [0.1, 0.15) is 13.2 Å². The maximum atomic E-state index is 11.8. The van der Waals surface area contributed by atoms with Crippen LogP contribution in [0.2, 0.25) is 0 Å². The number of nitrogens with one attached hydrogen (secondary N) is 2. The van der Waals surface area contributed by atoms with Gasteiger partial charge in [-0.05, 0) is 12.8 Å². The van der Waals surface area contributed by atoms with E-state index in [0.29, 0.717) is 32.1 Å². The minimum Gasteiger partial charge on any atom is -0.448 e. The quantitative estimate of drug-likeness (QED) is 0.680. The fraction of sp³-hybridized carbons (Fsp3) is 0.600. The summed E-state index contributed by atoms with van der Waals surface area (Å²) in [6.07, 6.45) is 3.76. The third kappa shape index (κ3) is 4.24. The van der Waals surface area contributed by atoms with Gasteiger partial charge in [0.25, 0.3) is 0 Å². The van der Waals surface area contributed by atoms with E-state index in [1.54, 1.807) is 6.20 Å². The largest absolute Gasteiger partial charge is 0.448 e. The van der Waals surface area contributed by atoms with Gasteiger partial charge in [0.05, 0.1) is 18.4 Å². The molecule has 0 saturated carbocycles. The standard InChI is InChI=1S/C15H22N6O3/c22-14(11-21-7-8-24-15(21)23)17-4-3-16-13-9-12(10-18-19-13)20-5-1-2-6-20/h9-10H,1-8,11H2,(H,16,19)(H,17,22). The summed E-state index contributed by atoms with van der Waals surface area (Å²) in [4.78, 5) is 26.7. The number of rotatable bonds is 7. The molecule has 0 aliphatic carbocycles. The first kappa shape index (κ1) is 16.3. The van der Waals surface area contributed by atoms with Crippen LogP contribution in [0.25, 0.3) is 0 Å². The number of ether oxygens (including phenoxy) is 1. The predicted molar refractivity (Wildman–Crippen MR) is 87.9 cm³/mol. The predicted octanol–water partition coefficient (Wildman–Crippen LogP) is 0.0571. The second-order valence-corrected chi connectivity index (χ2v) is 5.81. The zero-order valence-electron chi connectivity index (χ0n) is 13.5. The molecule has 0 bridgehead atoms. The van der Waals surface area contributed by atoms with Gasteiger partial charge in [0.15, 0.2) is 5.82 Å². The number of nitrogens with zero attached hydrogens (tertiary/aromatic N) is 4. The van der Waals surface area contributed by atoms with Gasteiger partial charge in [0, 0.05) is 32.2 Å². The topological polar surface area (TPSA) is 99.7 Å². The lowest BCUT2D eigenvalue weighted by molar-refractivity contribution is -0.121. The van der Waals surface area contributed by atoms with E-state index >= 15 is 0 Å². The highest BCUT2D eigenvalue weighted by molar-refractivity contribution is 5.82. The summed E-state index contributed by atoms with van der Waals surface area (Å²) in [6, 6.07) is 1.97. The van der Waals surface area contributed by atoms with Gasteiger partial charge >= 0.3 is 6.09 Å². The summed E-state index contributed by atoms with van der Waals surface area (Å²) in [5.74, 6) is 0.490. The van der Waals surface area contributed by atoms with Crippen LogP contribution in [0.3, 0.4) is 0 Å². The normalized spacial score (nSPS) is 17.1. The van der Waals surface area contributed by atoms with E-state index in [-0.39, 0.29) is 12.5 Å². The Balaban J connectivity index is 1.37. The van der Waals surface area contributed by atoms with E-state index in [2.05, 4.69) is 25.7 Å². The molecule has 0 spiro atoms. The zero-order chi connectivity index (χ0) is 16.8. The van der Waals surface area contributed by atoms with Gasteiger partial charge in [-0.15, -0.1) is 5.10 Å². The highest BCUT2D eigenvalue weighted by atomic mass is 16.6. The van der Waals surface area contributed by atoms with Crippen molar-refractivity contribution in [2.45, 2.75) is 12.8 Å². The first-order valence-electron chi connectivity index (χ1n) is 8.22. The highest BCUT2D eigenvalue weighted by Gasteiger charge is 2.23. The Hall–Kier alpha value is -2.58. The molecule has 2 aliphatic heterocycles. The maximum Gasteiger partial charge on any atom is 0.410 e. The Kier molecular flexibility index (Phi) is 5.29. The molecule has 2 aliphatic rings. The van der Waals surface area contributed by atoms with Crippen LogP contribution < -0.4 is 15.5 Å². The molecule has 0 atom stereocenters. The number of hydrogen-bond donors (Lipinski definition) is 2. The molecule has 130 valence electrons. The van der Waals surface area contributed by atoms with E-state index < -0.39 is 6.09 Å². The molecule has 24 heavy (non-hydrogen) atoms. The van der Waals surface area contributed by atoms with Crippen LogP contribution in [-0.4, -0.2) is 73.0 Å². The molecule has 9 nitrogen and oxygen atoms in total. The van der Waals surface area contributed by atoms with Crippen LogP contribution in [0, 0.1) is 0 Å². The third-order valence-corrected chi connectivity index (χ3v) is 4.04. The van der Waals surface area contributed by atoms with Crippen LogP contribution in [0.4, 0.5) is 16.3 Å². The maximum absolute atomic E-state index is 11.8. The zero-order valence-corrected chi connectivity index (χ0v) is 13.5.